The highest BCUT2D eigenvalue weighted by molar-refractivity contribution is 5.91. The van der Waals surface area contributed by atoms with E-state index in [1.54, 1.807) is 0 Å². The van der Waals surface area contributed by atoms with Crippen LogP contribution in [0.25, 0.3) is 22.4 Å². The highest BCUT2D eigenvalue weighted by Gasteiger charge is 2.47. The summed E-state index contributed by atoms with van der Waals surface area (Å²) < 4.78 is 28.6. The average Bonchev–Trinajstić information content (AvgIpc) is 3.18. The lowest BCUT2D eigenvalue weighted by Crippen LogP contribution is -2.51. The fourth-order valence-electron chi connectivity index (χ4n) is 5.09. The zero-order chi connectivity index (χ0) is 21.7. The summed E-state index contributed by atoms with van der Waals surface area (Å²) in [5.74, 6) is -2.84. The summed E-state index contributed by atoms with van der Waals surface area (Å²) in [5.41, 5.74) is 0.505. The number of rotatable bonds is 4. The molecule has 0 aliphatic heterocycles. The Bertz CT molecular complexity index is 1230. The van der Waals surface area contributed by atoms with Crippen molar-refractivity contribution in [1.29, 1.82) is 5.26 Å². The first-order valence-electron chi connectivity index (χ1n) is 10.1. The van der Waals surface area contributed by atoms with Gasteiger partial charge >= 0.3 is 5.97 Å². The van der Waals surface area contributed by atoms with Crippen LogP contribution in [0.2, 0.25) is 0 Å². The largest absolute Gasteiger partial charge is 0.481 e. The number of hydrogen-bond donors (Lipinski definition) is 3. The van der Waals surface area contributed by atoms with Gasteiger partial charge in [0.15, 0.2) is 17.3 Å². The van der Waals surface area contributed by atoms with E-state index in [9.17, 15) is 23.9 Å². The minimum Gasteiger partial charge on any atom is -0.481 e. The number of fused-ring (bicyclic) bond motifs is 4. The van der Waals surface area contributed by atoms with E-state index in [1.165, 1.54) is 6.07 Å². The van der Waals surface area contributed by atoms with Crippen molar-refractivity contribution in [1.82, 2.24) is 20.2 Å². The number of carbonyl (C=O) groups is 1. The molecular weight excluding hydrogens is 406 g/mol. The van der Waals surface area contributed by atoms with Crippen molar-refractivity contribution in [2.45, 2.75) is 31.7 Å². The summed E-state index contributed by atoms with van der Waals surface area (Å²) in [4.78, 5) is 20.1. The molecule has 0 radical (unpaired) electrons. The molecule has 8 nitrogen and oxygen atoms in total. The number of carboxylic acids is 1. The molecular formula is C21H18F2N6O2. The second-order valence-corrected chi connectivity index (χ2v) is 8.16. The Morgan fingerprint density at radius 1 is 1.23 bits per heavy atom. The third-order valence-corrected chi connectivity index (χ3v) is 6.52. The third-order valence-electron chi connectivity index (χ3n) is 6.52. The molecule has 0 amide bonds. The number of H-pyrrole nitrogens is 1. The molecule has 158 valence electrons. The number of anilines is 1. The van der Waals surface area contributed by atoms with Crippen LogP contribution in [0.3, 0.4) is 0 Å². The molecule has 3 aliphatic carbocycles. The minimum atomic E-state index is -0.901. The average molecular weight is 424 g/mol. The molecule has 2 bridgehead atoms. The summed E-state index contributed by atoms with van der Waals surface area (Å²) in [6, 6.07) is 3.70. The van der Waals surface area contributed by atoms with Crippen molar-refractivity contribution in [2.75, 3.05) is 5.32 Å². The normalized spacial score (nSPS) is 24.8. The van der Waals surface area contributed by atoms with Crippen molar-refractivity contribution in [2.24, 2.45) is 17.8 Å². The lowest BCUT2D eigenvalue weighted by molar-refractivity contribution is -0.148. The van der Waals surface area contributed by atoms with Crippen LogP contribution in [-0.2, 0) is 4.79 Å². The van der Waals surface area contributed by atoms with Crippen LogP contribution < -0.4 is 5.32 Å². The van der Waals surface area contributed by atoms with Gasteiger partial charge in [0.1, 0.15) is 17.6 Å². The van der Waals surface area contributed by atoms with Gasteiger partial charge < -0.3 is 10.4 Å². The van der Waals surface area contributed by atoms with Gasteiger partial charge in [-0.25, -0.2) is 18.7 Å². The summed E-state index contributed by atoms with van der Waals surface area (Å²) in [6.45, 7) is 0. The van der Waals surface area contributed by atoms with Crippen molar-refractivity contribution >= 4 is 22.8 Å². The number of aliphatic carboxylic acids is 1. The Labute approximate surface area is 175 Å². The number of nitriles is 1. The van der Waals surface area contributed by atoms with E-state index in [1.807, 2.05) is 6.07 Å². The molecule has 0 saturated heterocycles. The molecule has 3 saturated carbocycles. The fourth-order valence-corrected chi connectivity index (χ4v) is 5.09. The van der Waals surface area contributed by atoms with Crippen molar-refractivity contribution in [3.05, 3.63) is 35.5 Å². The number of aromatic amines is 1. The van der Waals surface area contributed by atoms with Crippen molar-refractivity contribution in [3.63, 3.8) is 0 Å². The van der Waals surface area contributed by atoms with Gasteiger partial charge in [0.05, 0.1) is 28.8 Å². The van der Waals surface area contributed by atoms with Gasteiger partial charge in [-0.2, -0.15) is 10.4 Å². The maximum Gasteiger partial charge on any atom is 0.308 e. The first kappa shape index (κ1) is 19.4. The SMILES string of the molecule is N#Cc1cc(F)c(N[C@@H]2C3CCC(CC3)[C@H]2C(=O)O)nc1-c1[nH]nc2ncc(F)cc12. The van der Waals surface area contributed by atoms with E-state index in [2.05, 4.69) is 25.5 Å². The standard InChI is InChI=1S/C21H18F2N6O2/c22-12-6-13-18(28-29-19(13)25-8-12)17-11(7-24)5-14(23)20(27-17)26-16-10-3-1-9(2-4-10)15(16)21(30)31/h5-6,8-10,15-16H,1-4H2,(H,26,27)(H,30,31)(H,25,28,29)/t9?,10?,15-,16-/m1/s1. The van der Waals surface area contributed by atoms with Gasteiger partial charge in [-0.1, -0.05) is 0 Å². The Kier molecular flexibility index (Phi) is 4.54. The van der Waals surface area contributed by atoms with Crippen LogP contribution in [0.15, 0.2) is 18.3 Å². The van der Waals surface area contributed by atoms with Gasteiger partial charge in [-0.3, -0.25) is 9.89 Å². The van der Waals surface area contributed by atoms with Crippen LogP contribution in [0.1, 0.15) is 31.2 Å². The lowest BCUT2D eigenvalue weighted by atomic mass is 9.61. The minimum absolute atomic E-state index is 0.0477. The molecule has 31 heavy (non-hydrogen) atoms. The van der Waals surface area contributed by atoms with Crippen molar-refractivity contribution in [3.8, 4) is 17.5 Å². The highest BCUT2D eigenvalue weighted by Crippen LogP contribution is 2.46. The molecule has 2 atom stereocenters. The molecule has 0 spiro atoms. The molecule has 0 unspecified atom stereocenters. The number of hydrogen-bond acceptors (Lipinski definition) is 6. The van der Waals surface area contributed by atoms with E-state index >= 15 is 0 Å². The highest BCUT2D eigenvalue weighted by atomic mass is 19.1. The van der Waals surface area contributed by atoms with Crippen molar-refractivity contribution < 1.29 is 18.7 Å². The van der Waals surface area contributed by atoms with E-state index < -0.39 is 29.6 Å². The van der Waals surface area contributed by atoms with E-state index in [4.69, 9.17) is 0 Å². The van der Waals surface area contributed by atoms with Gasteiger partial charge in [0.25, 0.3) is 0 Å². The number of nitrogens with one attached hydrogen (secondary N) is 2. The predicted octanol–water partition coefficient (Wildman–Crippen LogP) is 3.47. The number of aromatic nitrogens is 4. The number of halogens is 2. The Balaban J connectivity index is 1.58. The summed E-state index contributed by atoms with van der Waals surface area (Å²) in [7, 11) is 0. The maximum atomic E-state index is 14.8. The maximum absolute atomic E-state index is 14.8. The molecule has 3 aliphatic rings. The molecule has 10 heteroatoms. The molecule has 3 heterocycles. The lowest BCUT2D eigenvalue weighted by Gasteiger charge is -2.47. The number of nitrogens with zero attached hydrogens (tertiary/aromatic N) is 4. The summed E-state index contributed by atoms with van der Waals surface area (Å²) >= 11 is 0. The van der Waals surface area contributed by atoms with E-state index in [-0.39, 0.29) is 40.3 Å². The Hall–Kier alpha value is -3.61. The second-order valence-electron chi connectivity index (χ2n) is 8.16. The van der Waals surface area contributed by atoms with Crippen LogP contribution >= 0.6 is 0 Å². The number of carboxylic acid groups (broad SMARTS) is 1. The van der Waals surface area contributed by atoms with Crippen LogP contribution in [0.4, 0.5) is 14.6 Å². The zero-order valence-electron chi connectivity index (χ0n) is 16.3. The Morgan fingerprint density at radius 3 is 2.68 bits per heavy atom. The van der Waals surface area contributed by atoms with Gasteiger partial charge in [0, 0.05) is 6.04 Å². The smallest absolute Gasteiger partial charge is 0.308 e. The molecule has 6 rings (SSSR count). The summed E-state index contributed by atoms with van der Waals surface area (Å²) in [6.07, 6.45) is 4.49. The molecule has 3 N–H and O–H groups in total. The van der Waals surface area contributed by atoms with Crippen LogP contribution in [0.5, 0.6) is 0 Å². The van der Waals surface area contributed by atoms with E-state index in [0.29, 0.717) is 5.39 Å². The van der Waals surface area contributed by atoms with Gasteiger partial charge in [-0.15, -0.1) is 0 Å². The monoisotopic (exact) mass is 424 g/mol. The topological polar surface area (TPSA) is 128 Å². The third kappa shape index (κ3) is 3.17. The molecule has 0 aromatic carbocycles. The summed E-state index contributed by atoms with van der Waals surface area (Å²) in [5, 5.41) is 29.3. The first-order chi connectivity index (χ1) is 15.0. The quantitative estimate of drug-likeness (QED) is 0.585. The van der Waals surface area contributed by atoms with Crippen LogP contribution in [-0.4, -0.2) is 37.3 Å². The first-order valence-corrected chi connectivity index (χ1v) is 10.1. The van der Waals surface area contributed by atoms with E-state index in [0.717, 1.165) is 37.9 Å². The van der Waals surface area contributed by atoms with Gasteiger partial charge in [-0.05, 0) is 49.7 Å². The molecule has 3 fully saturated rings. The second kappa shape index (κ2) is 7.27. The fraction of sp³-hybridized carbons (Fsp3) is 0.381. The predicted molar refractivity (Wildman–Crippen MR) is 106 cm³/mol. The molecule has 3 aromatic rings. The zero-order valence-corrected chi connectivity index (χ0v) is 16.3. The Morgan fingerprint density at radius 2 is 1.97 bits per heavy atom. The van der Waals surface area contributed by atoms with Crippen LogP contribution in [0, 0.1) is 40.7 Å². The molecule has 3 aromatic heterocycles. The number of pyridine rings is 2. The van der Waals surface area contributed by atoms with Gasteiger partial charge in [0.2, 0.25) is 0 Å².